The van der Waals surface area contributed by atoms with Crippen molar-refractivity contribution in [2.75, 3.05) is 7.11 Å². The van der Waals surface area contributed by atoms with Crippen LogP contribution in [0.3, 0.4) is 0 Å². The van der Waals surface area contributed by atoms with Gasteiger partial charge in [-0.25, -0.2) is 0 Å². The first-order valence-electron chi connectivity index (χ1n) is 17.2. The van der Waals surface area contributed by atoms with Gasteiger partial charge in [-0.3, -0.25) is 9.59 Å². The highest BCUT2D eigenvalue weighted by Crippen LogP contribution is 2.32. The van der Waals surface area contributed by atoms with Crippen molar-refractivity contribution >= 4 is 11.9 Å². The molecule has 6 N–H and O–H groups in total. The van der Waals surface area contributed by atoms with Crippen LogP contribution in [0, 0.1) is 0 Å². The third-order valence-electron chi connectivity index (χ3n) is 9.03. The predicted molar refractivity (Wildman–Crippen MR) is 167 cm³/mol. The number of aliphatic carboxylic acids is 1. The number of carbonyl (C=O) groups is 2. The summed E-state index contributed by atoms with van der Waals surface area (Å²) in [7, 11) is 1.35. The zero-order valence-electron chi connectivity index (χ0n) is 28.1. The lowest BCUT2D eigenvalue weighted by Gasteiger charge is -2.46. The second-order valence-corrected chi connectivity index (χ2v) is 12.9. The molecule has 0 aromatic heterocycles. The maximum absolute atomic E-state index is 13.2. The summed E-state index contributed by atoms with van der Waals surface area (Å²) in [6, 6.07) is 0. The van der Waals surface area contributed by atoms with Crippen LogP contribution in [0.4, 0.5) is 0 Å². The van der Waals surface area contributed by atoms with Crippen LogP contribution >= 0.6 is 0 Å². The Labute approximate surface area is 273 Å². The summed E-state index contributed by atoms with van der Waals surface area (Å²) in [5.74, 6) is -1.66. The van der Waals surface area contributed by atoms with Crippen molar-refractivity contribution in [3.8, 4) is 0 Å². The summed E-state index contributed by atoms with van der Waals surface area (Å²) in [6.07, 6.45) is -4.21. The molecular formula is C33H60O13. The molecule has 0 radical (unpaired) electrons. The number of methoxy groups -OCH3 is 1. The van der Waals surface area contributed by atoms with Gasteiger partial charge in [0.2, 0.25) is 0 Å². The van der Waals surface area contributed by atoms with Crippen LogP contribution in [0.25, 0.3) is 0 Å². The highest BCUT2D eigenvalue weighted by atomic mass is 16.7. The number of ether oxygens (including phenoxy) is 5. The Morgan fingerprint density at radius 2 is 1.30 bits per heavy atom. The quantitative estimate of drug-likeness (QED) is 0.0729. The fourth-order valence-electron chi connectivity index (χ4n) is 6.16. The predicted octanol–water partition coefficient (Wildman–Crippen LogP) is 2.59. The highest BCUT2D eigenvalue weighted by Gasteiger charge is 2.50. The van der Waals surface area contributed by atoms with E-state index < -0.39 is 85.4 Å². The average Bonchev–Trinajstić information content (AvgIpc) is 3.01. The van der Waals surface area contributed by atoms with Gasteiger partial charge in [0, 0.05) is 13.5 Å². The van der Waals surface area contributed by atoms with E-state index in [4.69, 9.17) is 23.7 Å². The fourth-order valence-corrected chi connectivity index (χ4v) is 6.16. The maximum atomic E-state index is 13.2. The number of aliphatic hydroxyl groups is 5. The molecule has 0 bridgehead atoms. The summed E-state index contributed by atoms with van der Waals surface area (Å²) < 4.78 is 29.1. The van der Waals surface area contributed by atoms with Crippen molar-refractivity contribution in [3.63, 3.8) is 0 Å². The fraction of sp³-hybridized carbons (Fsp3) is 0.939. The number of aliphatic hydroxyl groups excluding tert-OH is 5. The minimum Gasteiger partial charge on any atom is -0.481 e. The topological polar surface area (TPSA) is 202 Å². The lowest BCUT2D eigenvalue weighted by molar-refractivity contribution is -0.330. The number of rotatable bonds is 22. The van der Waals surface area contributed by atoms with Crippen molar-refractivity contribution in [1.82, 2.24) is 0 Å². The molecule has 13 nitrogen and oxygen atoms in total. The van der Waals surface area contributed by atoms with Gasteiger partial charge in [-0.15, -0.1) is 0 Å². The summed E-state index contributed by atoms with van der Waals surface area (Å²) in [5.41, 5.74) is 0. The Balaban J connectivity index is 2.18. The molecule has 2 fully saturated rings. The van der Waals surface area contributed by atoms with E-state index in [2.05, 4.69) is 13.8 Å². The molecule has 1 aliphatic carbocycles. The molecule has 2 rings (SSSR count). The van der Waals surface area contributed by atoms with E-state index in [0.29, 0.717) is 12.8 Å². The third kappa shape index (κ3) is 13.2. The molecule has 1 saturated heterocycles. The second kappa shape index (κ2) is 21.5. The molecule has 0 aromatic rings. The van der Waals surface area contributed by atoms with Crippen molar-refractivity contribution < 1.29 is 63.9 Å². The Kier molecular flexibility index (Phi) is 19.1. The van der Waals surface area contributed by atoms with E-state index in [1.807, 2.05) is 0 Å². The standard InChI is InChI=1S/C33H60O13/c1-5-7-9-11-13-15-21(17-25(34)35)44-26(36)18-22(16-14-12-10-8-6-2)45-33-32(31(41)27(37)20(3)43-33)46-24-19-23(42-4)28(38)30(40)29(24)39/h20-24,27-33,37-41H,5-19H2,1-4H3,(H,34,35). The van der Waals surface area contributed by atoms with Crippen LogP contribution in [0.5, 0.6) is 0 Å². The van der Waals surface area contributed by atoms with Crippen molar-refractivity contribution in [3.05, 3.63) is 0 Å². The number of carbonyl (C=O) groups excluding carboxylic acids is 1. The monoisotopic (exact) mass is 664 g/mol. The van der Waals surface area contributed by atoms with Crippen molar-refractivity contribution in [2.24, 2.45) is 0 Å². The largest absolute Gasteiger partial charge is 0.481 e. The highest BCUT2D eigenvalue weighted by molar-refractivity contribution is 5.72. The van der Waals surface area contributed by atoms with Crippen molar-refractivity contribution in [2.45, 2.75) is 191 Å². The van der Waals surface area contributed by atoms with Gasteiger partial charge in [0.25, 0.3) is 0 Å². The molecule has 270 valence electrons. The molecule has 12 atom stereocenters. The average molecular weight is 665 g/mol. The summed E-state index contributed by atoms with van der Waals surface area (Å²) in [5, 5.41) is 62.3. The van der Waals surface area contributed by atoms with Gasteiger partial charge in [0.15, 0.2) is 6.29 Å². The Bertz CT molecular complexity index is 857. The van der Waals surface area contributed by atoms with Gasteiger partial charge in [-0.05, 0) is 26.2 Å². The third-order valence-corrected chi connectivity index (χ3v) is 9.03. The summed E-state index contributed by atoms with van der Waals surface area (Å²) in [6.45, 7) is 5.78. The molecule has 46 heavy (non-hydrogen) atoms. The summed E-state index contributed by atoms with van der Waals surface area (Å²) in [4.78, 5) is 24.6. The first-order valence-corrected chi connectivity index (χ1v) is 17.2. The number of hydrogen-bond donors (Lipinski definition) is 6. The molecule has 0 amide bonds. The Morgan fingerprint density at radius 1 is 0.739 bits per heavy atom. The molecule has 12 unspecified atom stereocenters. The van der Waals surface area contributed by atoms with E-state index >= 15 is 0 Å². The van der Waals surface area contributed by atoms with Gasteiger partial charge in [0.1, 0.15) is 42.7 Å². The molecule has 1 aliphatic heterocycles. The number of hydrogen-bond acceptors (Lipinski definition) is 12. The van der Waals surface area contributed by atoms with Crippen LogP contribution in [0.15, 0.2) is 0 Å². The summed E-state index contributed by atoms with van der Waals surface area (Å²) >= 11 is 0. The van der Waals surface area contributed by atoms with Crippen LogP contribution < -0.4 is 0 Å². The minimum absolute atomic E-state index is 0.0198. The zero-order chi connectivity index (χ0) is 34.2. The van der Waals surface area contributed by atoms with Crippen molar-refractivity contribution in [1.29, 1.82) is 0 Å². The molecule has 0 aromatic carbocycles. The molecule has 1 heterocycles. The van der Waals surface area contributed by atoms with Gasteiger partial charge in [-0.1, -0.05) is 71.6 Å². The van der Waals surface area contributed by atoms with E-state index in [1.54, 1.807) is 6.92 Å². The van der Waals surface area contributed by atoms with E-state index in [1.165, 1.54) is 7.11 Å². The number of carboxylic acid groups (broad SMARTS) is 1. The Morgan fingerprint density at radius 3 is 1.87 bits per heavy atom. The number of esters is 1. The van der Waals surface area contributed by atoms with E-state index in [9.17, 15) is 40.2 Å². The molecule has 1 saturated carbocycles. The smallest absolute Gasteiger partial charge is 0.308 e. The lowest BCUT2D eigenvalue weighted by Crippen LogP contribution is -2.63. The normalized spacial score (nSPS) is 33.0. The first-order chi connectivity index (χ1) is 21.9. The number of carboxylic acids is 1. The first kappa shape index (κ1) is 40.8. The molecule has 0 spiro atoms. The Hall–Kier alpha value is -1.42. The van der Waals surface area contributed by atoms with Crippen LogP contribution in [0.1, 0.15) is 117 Å². The van der Waals surface area contributed by atoms with Crippen LogP contribution in [-0.4, -0.2) is 123 Å². The van der Waals surface area contributed by atoms with Crippen LogP contribution in [-0.2, 0) is 33.3 Å². The number of unbranched alkanes of at least 4 members (excludes halogenated alkanes) is 8. The van der Waals surface area contributed by atoms with E-state index in [0.717, 1.165) is 64.2 Å². The van der Waals surface area contributed by atoms with Gasteiger partial charge in [-0.2, -0.15) is 0 Å². The van der Waals surface area contributed by atoms with Gasteiger partial charge >= 0.3 is 11.9 Å². The van der Waals surface area contributed by atoms with Gasteiger partial charge < -0.3 is 54.3 Å². The maximum Gasteiger partial charge on any atom is 0.308 e. The lowest BCUT2D eigenvalue weighted by atomic mass is 9.86. The minimum atomic E-state index is -1.58. The van der Waals surface area contributed by atoms with E-state index in [-0.39, 0.29) is 19.3 Å². The zero-order valence-corrected chi connectivity index (χ0v) is 28.1. The molecule has 13 heteroatoms. The van der Waals surface area contributed by atoms with Crippen LogP contribution in [0.2, 0.25) is 0 Å². The van der Waals surface area contributed by atoms with Gasteiger partial charge in [0.05, 0.1) is 37.3 Å². The SMILES string of the molecule is CCCCCCCC(CC(=O)O)OC(=O)CC(CCCCCCC)OC1OC(C)C(O)C(O)C1OC1CC(OC)C(O)C(O)C1O. The molecule has 2 aliphatic rings. The second-order valence-electron chi connectivity index (χ2n) is 12.9. The molecular weight excluding hydrogens is 604 g/mol.